The first-order chi connectivity index (χ1) is 13.2. The van der Waals surface area contributed by atoms with Crippen LogP contribution in [0.1, 0.15) is 23.0 Å². The van der Waals surface area contributed by atoms with E-state index in [4.69, 9.17) is 9.47 Å². The number of rotatable bonds is 5. The topological polar surface area (TPSA) is 65.3 Å². The molecule has 0 radical (unpaired) electrons. The van der Waals surface area contributed by atoms with Crippen LogP contribution in [0.4, 0.5) is 4.39 Å². The summed E-state index contributed by atoms with van der Waals surface area (Å²) in [5, 5.41) is 12.0. The molecule has 27 heavy (non-hydrogen) atoms. The smallest absolute Gasteiger partial charge is 0.173 e. The molecule has 1 unspecified atom stereocenters. The van der Waals surface area contributed by atoms with Crippen LogP contribution in [-0.2, 0) is 13.1 Å². The molecule has 0 N–H and O–H groups in total. The van der Waals surface area contributed by atoms with Gasteiger partial charge >= 0.3 is 0 Å². The summed E-state index contributed by atoms with van der Waals surface area (Å²) in [6, 6.07) is 12.1. The molecule has 1 aliphatic heterocycles. The number of fused-ring (bicyclic) bond motifs is 1. The van der Waals surface area contributed by atoms with Crippen molar-refractivity contribution in [2.45, 2.75) is 19.1 Å². The second-order valence-electron chi connectivity index (χ2n) is 6.37. The third-order valence-electron chi connectivity index (χ3n) is 4.80. The van der Waals surface area contributed by atoms with Gasteiger partial charge in [-0.1, -0.05) is 18.2 Å². The van der Waals surface area contributed by atoms with Crippen LogP contribution in [0.15, 0.2) is 42.5 Å². The van der Waals surface area contributed by atoms with Crippen molar-refractivity contribution >= 4 is 0 Å². The number of hydrogen-bond acceptors (Lipinski definition) is 6. The van der Waals surface area contributed by atoms with Crippen LogP contribution in [-0.4, -0.2) is 45.9 Å². The number of tetrazole rings is 1. The molecule has 7 nitrogen and oxygen atoms in total. The van der Waals surface area contributed by atoms with Gasteiger partial charge in [0.2, 0.25) is 0 Å². The molecular formula is C19H20FN5O2. The van der Waals surface area contributed by atoms with Crippen LogP contribution in [0.25, 0.3) is 0 Å². The summed E-state index contributed by atoms with van der Waals surface area (Å²) in [4.78, 5) is 2.23. The van der Waals surface area contributed by atoms with E-state index in [1.165, 1.54) is 12.1 Å². The minimum atomic E-state index is -0.279. The number of nitrogens with zero attached hydrogens (tertiary/aromatic N) is 5. The van der Waals surface area contributed by atoms with E-state index in [1.807, 2.05) is 24.3 Å². The van der Waals surface area contributed by atoms with E-state index < -0.39 is 0 Å². The number of methoxy groups -OCH3 is 2. The Labute approximate surface area is 156 Å². The van der Waals surface area contributed by atoms with Crippen molar-refractivity contribution in [1.82, 2.24) is 25.1 Å². The van der Waals surface area contributed by atoms with E-state index in [9.17, 15) is 4.39 Å². The molecule has 0 saturated carbocycles. The lowest BCUT2D eigenvalue weighted by Gasteiger charge is -2.35. The number of benzene rings is 2. The van der Waals surface area contributed by atoms with Crippen molar-refractivity contribution < 1.29 is 13.9 Å². The highest BCUT2D eigenvalue weighted by Gasteiger charge is 2.32. The first-order valence-corrected chi connectivity index (χ1v) is 8.66. The van der Waals surface area contributed by atoms with Crippen molar-refractivity contribution in [2.24, 2.45) is 0 Å². The number of aromatic nitrogens is 4. The predicted octanol–water partition coefficient (Wildman–Crippen LogP) is 2.43. The normalized spacial score (nSPS) is 16.8. The Balaban J connectivity index is 1.71. The molecular weight excluding hydrogens is 349 g/mol. The molecule has 0 amide bonds. The third kappa shape index (κ3) is 3.35. The van der Waals surface area contributed by atoms with Gasteiger partial charge in [0.05, 0.1) is 26.8 Å². The summed E-state index contributed by atoms with van der Waals surface area (Å²) in [7, 11) is 3.26. The summed E-state index contributed by atoms with van der Waals surface area (Å²) >= 11 is 0. The molecule has 4 rings (SSSR count). The molecule has 140 valence electrons. The largest absolute Gasteiger partial charge is 0.497 e. The number of ether oxygens (including phenoxy) is 2. The summed E-state index contributed by atoms with van der Waals surface area (Å²) in [5.41, 5.74) is 1.83. The maximum absolute atomic E-state index is 13.9. The van der Waals surface area contributed by atoms with Crippen molar-refractivity contribution in [3.63, 3.8) is 0 Å². The Hall–Kier alpha value is -3.00. The summed E-state index contributed by atoms with van der Waals surface area (Å²) < 4.78 is 26.5. The average molecular weight is 369 g/mol. The molecule has 1 aromatic heterocycles. The van der Waals surface area contributed by atoms with Crippen molar-refractivity contribution in [3.8, 4) is 11.5 Å². The average Bonchev–Trinajstić information content (AvgIpc) is 3.16. The SMILES string of the molecule is COc1ccc(CN2CCn3nnnc3C2c2cccc(F)c2)c(OC)c1. The van der Waals surface area contributed by atoms with Gasteiger partial charge in [0.15, 0.2) is 5.82 Å². The van der Waals surface area contributed by atoms with Gasteiger partial charge in [0.1, 0.15) is 17.3 Å². The van der Waals surface area contributed by atoms with Gasteiger partial charge in [0.25, 0.3) is 0 Å². The van der Waals surface area contributed by atoms with Gasteiger partial charge in [-0.15, -0.1) is 5.10 Å². The molecule has 1 aliphatic rings. The molecule has 0 fully saturated rings. The summed E-state index contributed by atoms with van der Waals surface area (Å²) in [5.74, 6) is 1.91. The van der Waals surface area contributed by atoms with E-state index in [0.717, 1.165) is 29.2 Å². The highest BCUT2D eigenvalue weighted by molar-refractivity contribution is 5.41. The molecule has 0 spiro atoms. The Morgan fingerprint density at radius 1 is 1.11 bits per heavy atom. The van der Waals surface area contributed by atoms with Crippen LogP contribution in [0.5, 0.6) is 11.5 Å². The Morgan fingerprint density at radius 2 is 2.00 bits per heavy atom. The minimum absolute atomic E-state index is 0.240. The first kappa shape index (κ1) is 17.4. The molecule has 0 bridgehead atoms. The van der Waals surface area contributed by atoms with Gasteiger partial charge in [0, 0.05) is 24.7 Å². The molecule has 2 aromatic carbocycles. The Bertz CT molecular complexity index is 945. The lowest BCUT2D eigenvalue weighted by atomic mass is 10.0. The van der Waals surface area contributed by atoms with Crippen molar-refractivity contribution in [1.29, 1.82) is 0 Å². The molecule has 0 saturated heterocycles. The maximum Gasteiger partial charge on any atom is 0.173 e. The van der Waals surface area contributed by atoms with Gasteiger partial charge in [-0.05, 0) is 34.2 Å². The minimum Gasteiger partial charge on any atom is -0.497 e. The third-order valence-corrected chi connectivity index (χ3v) is 4.80. The molecule has 3 aromatic rings. The second kappa shape index (κ2) is 7.32. The quantitative estimate of drug-likeness (QED) is 0.688. The highest BCUT2D eigenvalue weighted by Crippen LogP contribution is 2.34. The zero-order valence-electron chi connectivity index (χ0n) is 15.2. The van der Waals surface area contributed by atoms with Crippen molar-refractivity contribution in [3.05, 3.63) is 65.2 Å². The van der Waals surface area contributed by atoms with E-state index in [1.54, 1.807) is 25.0 Å². The molecule has 1 atom stereocenters. The van der Waals surface area contributed by atoms with Crippen LogP contribution in [0.3, 0.4) is 0 Å². The highest BCUT2D eigenvalue weighted by atomic mass is 19.1. The zero-order valence-corrected chi connectivity index (χ0v) is 15.2. The maximum atomic E-state index is 13.9. The van der Waals surface area contributed by atoms with E-state index in [-0.39, 0.29) is 11.9 Å². The van der Waals surface area contributed by atoms with Crippen LogP contribution in [0, 0.1) is 5.82 Å². The lowest BCUT2D eigenvalue weighted by molar-refractivity contribution is 0.162. The number of halogens is 1. The first-order valence-electron chi connectivity index (χ1n) is 8.66. The fraction of sp³-hybridized carbons (Fsp3) is 0.316. The zero-order chi connectivity index (χ0) is 18.8. The lowest BCUT2D eigenvalue weighted by Crippen LogP contribution is -2.39. The van der Waals surface area contributed by atoms with E-state index >= 15 is 0 Å². The van der Waals surface area contributed by atoms with E-state index in [2.05, 4.69) is 20.4 Å². The monoisotopic (exact) mass is 369 g/mol. The standard InChI is InChI=1S/C19H20FN5O2/c1-26-16-7-6-14(17(11-16)27-2)12-24-8-9-25-19(21-22-23-25)18(24)13-4-3-5-15(20)10-13/h3-7,10-11,18H,8-9,12H2,1-2H3. The van der Waals surface area contributed by atoms with E-state index in [0.29, 0.717) is 18.9 Å². The Morgan fingerprint density at radius 3 is 2.78 bits per heavy atom. The molecule has 8 heteroatoms. The summed E-state index contributed by atoms with van der Waals surface area (Å²) in [6.45, 7) is 2.02. The fourth-order valence-corrected chi connectivity index (χ4v) is 3.49. The van der Waals surface area contributed by atoms with Gasteiger partial charge in [-0.2, -0.15) is 0 Å². The Kier molecular flexibility index (Phi) is 4.72. The van der Waals surface area contributed by atoms with Crippen molar-refractivity contribution in [2.75, 3.05) is 20.8 Å². The second-order valence-corrected chi connectivity index (χ2v) is 6.37. The fourth-order valence-electron chi connectivity index (χ4n) is 3.49. The molecule has 0 aliphatic carbocycles. The summed E-state index contributed by atoms with van der Waals surface area (Å²) in [6.07, 6.45) is 0. The van der Waals surface area contributed by atoms with Crippen LogP contribution < -0.4 is 9.47 Å². The predicted molar refractivity (Wildman–Crippen MR) is 96.0 cm³/mol. The van der Waals surface area contributed by atoms with Crippen LogP contribution >= 0.6 is 0 Å². The number of hydrogen-bond donors (Lipinski definition) is 0. The molecule has 2 heterocycles. The van der Waals surface area contributed by atoms with Gasteiger partial charge < -0.3 is 9.47 Å². The van der Waals surface area contributed by atoms with Gasteiger partial charge in [-0.3, -0.25) is 4.90 Å². The van der Waals surface area contributed by atoms with Gasteiger partial charge in [-0.25, -0.2) is 9.07 Å². The van der Waals surface area contributed by atoms with Crippen LogP contribution in [0.2, 0.25) is 0 Å².